The fraction of sp³-hybridized carbons (Fsp3) is 0.565. The maximum absolute atomic E-state index is 12.8. The molecule has 0 aromatic heterocycles. The summed E-state index contributed by atoms with van der Waals surface area (Å²) in [5.74, 6) is 3.97. The minimum absolute atomic E-state index is 0.344. The average Bonchev–Trinajstić information content (AvgIpc) is 3.51. The van der Waals surface area contributed by atoms with Gasteiger partial charge in [-0.05, 0) is 66.7 Å². The highest BCUT2D eigenvalue weighted by molar-refractivity contribution is 5.57. The summed E-state index contributed by atoms with van der Waals surface area (Å²) in [6, 6.07) is 0. The molecule has 1 aliphatic heterocycles. The van der Waals surface area contributed by atoms with Crippen molar-refractivity contribution in [2.75, 3.05) is 21.3 Å². The number of methoxy groups -OCH3 is 3. The molecular formula is C23H28NO4+. The van der Waals surface area contributed by atoms with Crippen LogP contribution in [-0.4, -0.2) is 26.1 Å². The smallest absolute Gasteiger partial charge is 0.419 e. The Morgan fingerprint density at radius 2 is 1.86 bits per heavy atom. The highest BCUT2D eigenvalue weighted by Crippen LogP contribution is 2.59. The van der Waals surface area contributed by atoms with Crippen molar-refractivity contribution in [1.82, 2.24) is 0 Å². The first-order valence-electron chi connectivity index (χ1n) is 10.3. The second kappa shape index (κ2) is 6.36. The normalized spacial score (nSPS) is 33.8. The van der Waals surface area contributed by atoms with Crippen molar-refractivity contribution in [3.63, 3.8) is 0 Å². The van der Waals surface area contributed by atoms with Gasteiger partial charge in [-0.15, -0.1) is 0 Å². The quantitative estimate of drug-likeness (QED) is 0.645. The molecule has 0 spiro atoms. The predicted octanol–water partition coefficient (Wildman–Crippen LogP) is 4.74. The molecule has 3 unspecified atom stereocenters. The van der Waals surface area contributed by atoms with Gasteiger partial charge < -0.3 is 14.2 Å². The predicted molar refractivity (Wildman–Crippen MR) is 105 cm³/mol. The van der Waals surface area contributed by atoms with Crippen molar-refractivity contribution in [3.8, 4) is 0 Å². The zero-order valence-corrected chi connectivity index (χ0v) is 16.9. The molecule has 5 nitrogen and oxygen atoms in total. The molecule has 28 heavy (non-hydrogen) atoms. The summed E-state index contributed by atoms with van der Waals surface area (Å²) in [5.41, 5.74) is 3.33. The van der Waals surface area contributed by atoms with Crippen LogP contribution in [0, 0.1) is 28.1 Å². The molecule has 0 aromatic carbocycles. The number of allylic oxidation sites excluding steroid dienone is 6. The van der Waals surface area contributed by atoms with Crippen LogP contribution in [0.3, 0.4) is 0 Å². The zero-order valence-electron chi connectivity index (χ0n) is 16.9. The van der Waals surface area contributed by atoms with Gasteiger partial charge in [-0.1, -0.05) is 12.8 Å². The highest BCUT2D eigenvalue weighted by atomic mass is 16.5. The van der Waals surface area contributed by atoms with Crippen molar-refractivity contribution in [2.24, 2.45) is 23.2 Å². The number of ether oxygens (including phenoxy) is 3. The van der Waals surface area contributed by atoms with Crippen LogP contribution in [0.2, 0.25) is 0 Å². The van der Waals surface area contributed by atoms with E-state index >= 15 is 0 Å². The third-order valence-electron chi connectivity index (χ3n) is 7.19. The number of nitrogens with zero attached hydrogens (tertiary/aromatic N) is 1. The van der Waals surface area contributed by atoms with Gasteiger partial charge in [0.2, 0.25) is 6.20 Å². The number of hydrogen-bond donors (Lipinski definition) is 0. The van der Waals surface area contributed by atoms with Crippen LogP contribution in [0.1, 0.15) is 38.5 Å². The standard InChI is InChI=1S/C23H28NO4/c1-26-20-9-19-18-8-16-10-23(19,11-21(20)27-2)12-22(28-3)24(25)13-17(18)7-15(16)6-14-4-5-14/h9,11-16H,4-8,10H2,1-3H3/q+1. The van der Waals surface area contributed by atoms with Gasteiger partial charge in [0.25, 0.3) is 0 Å². The molecule has 1 heterocycles. The second-order valence-electron chi connectivity index (χ2n) is 8.84. The molecule has 0 aromatic rings. The minimum atomic E-state index is -0.388. The highest BCUT2D eigenvalue weighted by Gasteiger charge is 2.50. The summed E-state index contributed by atoms with van der Waals surface area (Å²) in [5, 5.41) is 0. The molecule has 2 saturated carbocycles. The van der Waals surface area contributed by atoms with E-state index in [0.717, 1.165) is 41.5 Å². The topological polar surface area (TPSA) is 47.8 Å². The van der Waals surface area contributed by atoms with Crippen molar-refractivity contribution in [1.29, 1.82) is 0 Å². The largest absolute Gasteiger partial charge is 0.493 e. The van der Waals surface area contributed by atoms with E-state index in [0.29, 0.717) is 17.7 Å². The lowest BCUT2D eigenvalue weighted by molar-refractivity contribution is -0.462. The van der Waals surface area contributed by atoms with E-state index in [4.69, 9.17) is 14.2 Å². The van der Waals surface area contributed by atoms with Gasteiger partial charge in [0.15, 0.2) is 11.5 Å². The van der Waals surface area contributed by atoms with Gasteiger partial charge in [-0.3, -0.25) is 0 Å². The van der Waals surface area contributed by atoms with Crippen molar-refractivity contribution >= 4 is 0 Å². The van der Waals surface area contributed by atoms with Gasteiger partial charge in [0, 0.05) is 22.0 Å². The molecule has 5 heteroatoms. The van der Waals surface area contributed by atoms with Crippen molar-refractivity contribution in [3.05, 3.63) is 63.5 Å². The molecule has 0 N–H and O–H groups in total. The SMILES string of the molecule is COC1=CC2=C3CC4CC2(C=C1OC)C=C(OC)[N+](=O)C=C3CC4CC1CC1. The van der Waals surface area contributed by atoms with Crippen LogP contribution in [0.15, 0.2) is 58.5 Å². The summed E-state index contributed by atoms with van der Waals surface area (Å²) < 4.78 is 17.6. The lowest BCUT2D eigenvalue weighted by Gasteiger charge is -2.47. The Balaban J connectivity index is 1.71. The molecule has 5 rings (SSSR count). The number of nitroso groups, excluding NO2 is 1. The Bertz CT molecular complexity index is 886. The monoisotopic (exact) mass is 382 g/mol. The maximum atomic E-state index is 12.8. The Labute approximate surface area is 166 Å². The van der Waals surface area contributed by atoms with Crippen LogP contribution in [0.5, 0.6) is 0 Å². The molecule has 148 valence electrons. The van der Waals surface area contributed by atoms with E-state index in [-0.39, 0.29) is 5.41 Å². The first kappa shape index (κ1) is 17.8. The first-order chi connectivity index (χ1) is 13.6. The van der Waals surface area contributed by atoms with E-state index in [2.05, 4.69) is 12.2 Å². The summed E-state index contributed by atoms with van der Waals surface area (Å²) in [7, 11) is 4.91. The van der Waals surface area contributed by atoms with E-state index in [1.54, 1.807) is 27.5 Å². The molecular weight excluding hydrogens is 354 g/mol. The molecule has 2 fully saturated rings. The number of rotatable bonds is 5. The van der Waals surface area contributed by atoms with Crippen molar-refractivity contribution < 1.29 is 19.0 Å². The maximum Gasteiger partial charge on any atom is 0.419 e. The van der Waals surface area contributed by atoms with Gasteiger partial charge in [-0.25, -0.2) is 0 Å². The molecule has 4 aliphatic carbocycles. The number of hydrogen-bond acceptors (Lipinski definition) is 4. The summed E-state index contributed by atoms with van der Waals surface area (Å²) in [4.78, 5) is 12.8. The minimum Gasteiger partial charge on any atom is -0.493 e. The summed E-state index contributed by atoms with van der Waals surface area (Å²) in [6.07, 6.45) is 15.1. The van der Waals surface area contributed by atoms with E-state index in [9.17, 15) is 4.91 Å². The Kier molecular flexibility index (Phi) is 4.04. The average molecular weight is 382 g/mol. The van der Waals surface area contributed by atoms with Crippen LogP contribution < -0.4 is 0 Å². The second-order valence-corrected chi connectivity index (χ2v) is 8.84. The first-order valence-corrected chi connectivity index (χ1v) is 10.3. The lowest BCUT2D eigenvalue weighted by atomic mass is 9.56. The molecule has 5 aliphatic rings. The summed E-state index contributed by atoms with van der Waals surface area (Å²) in [6.45, 7) is 0. The van der Waals surface area contributed by atoms with Gasteiger partial charge in [0.05, 0.1) is 21.3 Å². The Morgan fingerprint density at radius 3 is 2.54 bits per heavy atom. The van der Waals surface area contributed by atoms with E-state index < -0.39 is 0 Å². The third kappa shape index (κ3) is 2.66. The molecule has 0 radical (unpaired) electrons. The van der Waals surface area contributed by atoms with Crippen molar-refractivity contribution in [2.45, 2.75) is 38.5 Å². The lowest BCUT2D eigenvalue weighted by Crippen LogP contribution is -2.39. The van der Waals surface area contributed by atoms with Crippen LogP contribution in [0.4, 0.5) is 0 Å². The number of fused-ring (bicyclic) bond motifs is 1. The Hall–Kier alpha value is -2.30. The molecule has 3 bridgehead atoms. The van der Waals surface area contributed by atoms with Gasteiger partial charge in [-0.2, -0.15) is 0 Å². The van der Waals surface area contributed by atoms with E-state index in [1.165, 1.54) is 36.0 Å². The Morgan fingerprint density at radius 1 is 1.07 bits per heavy atom. The van der Waals surface area contributed by atoms with Gasteiger partial charge in [0.1, 0.15) is 4.76 Å². The molecule has 3 atom stereocenters. The van der Waals surface area contributed by atoms with Gasteiger partial charge >= 0.3 is 5.88 Å². The van der Waals surface area contributed by atoms with E-state index in [1.807, 2.05) is 6.08 Å². The van der Waals surface area contributed by atoms with Crippen LogP contribution >= 0.6 is 0 Å². The van der Waals surface area contributed by atoms with Crippen LogP contribution in [0.25, 0.3) is 0 Å². The molecule has 0 saturated heterocycles. The third-order valence-corrected chi connectivity index (χ3v) is 7.19. The fourth-order valence-corrected chi connectivity index (χ4v) is 5.67. The van der Waals surface area contributed by atoms with Crippen LogP contribution in [-0.2, 0) is 14.2 Å². The molecule has 0 amide bonds. The summed E-state index contributed by atoms with van der Waals surface area (Å²) >= 11 is 0. The fourth-order valence-electron chi connectivity index (χ4n) is 5.67. The zero-order chi connectivity index (χ0) is 19.5.